The van der Waals surface area contributed by atoms with Gasteiger partial charge in [-0.05, 0) is 42.0 Å². The highest BCUT2D eigenvalue weighted by molar-refractivity contribution is 8.01. The molecule has 0 unspecified atom stereocenters. The minimum atomic E-state index is -0.365. The summed E-state index contributed by atoms with van der Waals surface area (Å²) >= 11 is 4.02. The standard InChI is InChI=1S/C18H17N5O2S3/c24-15(23-9-3-6-12-5-1-2-7-13(12)23)11-27-18-22-21-17(28-18)20-16(25)19-14-8-4-10-26-14/h1-2,4-5,7-8,10H,3,6,9,11H2,(H2,19,20,21,25). The number of para-hydroxylation sites is 1. The van der Waals surface area contributed by atoms with Crippen LogP contribution in [0.4, 0.5) is 20.6 Å². The van der Waals surface area contributed by atoms with Crippen molar-refractivity contribution in [1.82, 2.24) is 10.2 Å². The molecule has 1 aromatic carbocycles. The van der Waals surface area contributed by atoms with Crippen LogP contribution in [-0.2, 0) is 11.2 Å². The molecule has 28 heavy (non-hydrogen) atoms. The molecule has 0 radical (unpaired) electrons. The maximum absolute atomic E-state index is 12.7. The number of benzene rings is 1. The summed E-state index contributed by atoms with van der Waals surface area (Å²) in [6.07, 6.45) is 1.98. The number of hydrogen-bond donors (Lipinski definition) is 2. The van der Waals surface area contributed by atoms with E-state index in [9.17, 15) is 9.59 Å². The molecular formula is C18H17N5O2S3. The molecule has 1 aliphatic heterocycles. The molecule has 144 valence electrons. The van der Waals surface area contributed by atoms with E-state index in [0.29, 0.717) is 9.47 Å². The minimum absolute atomic E-state index is 0.0531. The maximum Gasteiger partial charge on any atom is 0.326 e. The highest BCUT2D eigenvalue weighted by atomic mass is 32.2. The van der Waals surface area contributed by atoms with Crippen molar-refractivity contribution < 1.29 is 9.59 Å². The number of carbonyl (C=O) groups excluding carboxylic acids is 2. The van der Waals surface area contributed by atoms with Gasteiger partial charge in [0.05, 0.1) is 10.8 Å². The average Bonchev–Trinajstić information content (AvgIpc) is 3.37. The normalized spacial score (nSPS) is 13.1. The van der Waals surface area contributed by atoms with Gasteiger partial charge in [0, 0.05) is 12.2 Å². The van der Waals surface area contributed by atoms with Gasteiger partial charge >= 0.3 is 6.03 Å². The predicted octanol–water partition coefficient (Wildman–Crippen LogP) is 4.32. The first kappa shape index (κ1) is 18.9. The van der Waals surface area contributed by atoms with Gasteiger partial charge in [-0.25, -0.2) is 4.79 Å². The molecule has 2 aromatic heterocycles. The highest BCUT2D eigenvalue weighted by Gasteiger charge is 2.22. The third-order valence-electron chi connectivity index (χ3n) is 4.12. The van der Waals surface area contributed by atoms with Crippen LogP contribution < -0.4 is 15.5 Å². The summed E-state index contributed by atoms with van der Waals surface area (Å²) in [6.45, 7) is 0.738. The number of aromatic nitrogens is 2. The number of aryl methyl sites for hydroxylation is 1. The molecule has 0 spiro atoms. The number of fused-ring (bicyclic) bond motifs is 1. The van der Waals surface area contributed by atoms with Gasteiger partial charge in [-0.1, -0.05) is 41.3 Å². The molecule has 0 saturated heterocycles. The number of hydrogen-bond acceptors (Lipinski definition) is 7. The van der Waals surface area contributed by atoms with Crippen molar-refractivity contribution in [2.75, 3.05) is 27.8 Å². The van der Waals surface area contributed by atoms with Crippen molar-refractivity contribution in [2.45, 2.75) is 17.2 Å². The number of amides is 3. The van der Waals surface area contributed by atoms with Gasteiger partial charge < -0.3 is 4.90 Å². The number of nitrogens with zero attached hydrogens (tertiary/aromatic N) is 3. The van der Waals surface area contributed by atoms with Crippen LogP contribution in [-0.4, -0.2) is 34.4 Å². The molecular weight excluding hydrogens is 414 g/mol. The van der Waals surface area contributed by atoms with E-state index in [1.54, 1.807) is 0 Å². The Morgan fingerprint density at radius 3 is 2.89 bits per heavy atom. The van der Waals surface area contributed by atoms with Crippen molar-refractivity contribution in [1.29, 1.82) is 0 Å². The summed E-state index contributed by atoms with van der Waals surface area (Å²) in [5.41, 5.74) is 2.22. The number of rotatable bonds is 5. The Bertz CT molecular complexity index is 973. The van der Waals surface area contributed by atoms with Crippen LogP contribution >= 0.6 is 34.4 Å². The molecule has 1 aliphatic rings. The lowest BCUT2D eigenvalue weighted by atomic mass is 10.0. The monoisotopic (exact) mass is 431 g/mol. The largest absolute Gasteiger partial charge is 0.326 e. The van der Waals surface area contributed by atoms with Crippen molar-refractivity contribution in [3.8, 4) is 0 Å². The van der Waals surface area contributed by atoms with E-state index < -0.39 is 0 Å². The maximum atomic E-state index is 12.7. The Morgan fingerprint density at radius 2 is 2.04 bits per heavy atom. The fourth-order valence-electron chi connectivity index (χ4n) is 2.90. The van der Waals surface area contributed by atoms with Gasteiger partial charge in [-0.15, -0.1) is 21.5 Å². The molecule has 0 fully saturated rings. The van der Waals surface area contributed by atoms with E-state index in [1.807, 2.05) is 40.6 Å². The third-order valence-corrected chi connectivity index (χ3v) is 6.86. The van der Waals surface area contributed by atoms with E-state index >= 15 is 0 Å². The zero-order chi connectivity index (χ0) is 19.3. The number of anilines is 3. The molecule has 0 aliphatic carbocycles. The summed E-state index contributed by atoms with van der Waals surface area (Å²) in [5, 5.41) is 16.4. The molecule has 3 amide bonds. The number of carbonyl (C=O) groups is 2. The Hall–Kier alpha value is -2.43. The van der Waals surface area contributed by atoms with Crippen LogP contribution in [0.15, 0.2) is 46.1 Å². The van der Waals surface area contributed by atoms with Crippen molar-refractivity contribution in [2.24, 2.45) is 0 Å². The van der Waals surface area contributed by atoms with Gasteiger partial charge in [0.15, 0.2) is 4.34 Å². The SMILES string of the molecule is O=C(Nc1cccs1)Nc1nnc(SCC(=O)N2CCCc3ccccc32)s1. The number of urea groups is 1. The summed E-state index contributed by atoms with van der Waals surface area (Å²) in [7, 11) is 0. The quantitative estimate of drug-likeness (QED) is 0.464. The second kappa shape index (κ2) is 8.72. The smallest absolute Gasteiger partial charge is 0.311 e. The molecule has 2 N–H and O–H groups in total. The summed E-state index contributed by atoms with van der Waals surface area (Å²) in [4.78, 5) is 26.5. The first-order valence-electron chi connectivity index (χ1n) is 8.65. The lowest BCUT2D eigenvalue weighted by molar-refractivity contribution is -0.116. The van der Waals surface area contributed by atoms with E-state index in [0.717, 1.165) is 30.1 Å². The van der Waals surface area contributed by atoms with Crippen LogP contribution in [0.5, 0.6) is 0 Å². The van der Waals surface area contributed by atoms with Crippen LogP contribution in [0.1, 0.15) is 12.0 Å². The number of thiophene rings is 1. The van der Waals surface area contributed by atoms with Gasteiger partial charge in [-0.3, -0.25) is 15.4 Å². The van der Waals surface area contributed by atoms with Crippen LogP contribution in [0, 0.1) is 0 Å². The Balaban J connectivity index is 1.31. The third kappa shape index (κ3) is 4.51. The summed E-state index contributed by atoms with van der Waals surface area (Å²) in [6, 6.07) is 11.3. The molecule has 0 atom stereocenters. The second-order valence-corrected chi connectivity index (χ2v) is 9.14. The first-order valence-corrected chi connectivity index (χ1v) is 11.3. The van der Waals surface area contributed by atoms with E-state index in [1.165, 1.54) is 40.0 Å². The molecule has 3 heterocycles. The summed E-state index contributed by atoms with van der Waals surface area (Å²) < 4.78 is 0.644. The van der Waals surface area contributed by atoms with Gasteiger partial charge in [0.1, 0.15) is 0 Å². The van der Waals surface area contributed by atoms with E-state index in [-0.39, 0.29) is 17.7 Å². The van der Waals surface area contributed by atoms with Gasteiger partial charge in [-0.2, -0.15) is 0 Å². The van der Waals surface area contributed by atoms with Crippen molar-refractivity contribution in [3.63, 3.8) is 0 Å². The summed E-state index contributed by atoms with van der Waals surface area (Å²) in [5.74, 6) is 0.335. The van der Waals surface area contributed by atoms with E-state index in [4.69, 9.17) is 0 Å². The zero-order valence-electron chi connectivity index (χ0n) is 14.8. The lowest BCUT2D eigenvalue weighted by Crippen LogP contribution is -2.36. The fraction of sp³-hybridized carbons (Fsp3) is 0.222. The van der Waals surface area contributed by atoms with E-state index in [2.05, 4.69) is 26.9 Å². The zero-order valence-corrected chi connectivity index (χ0v) is 17.2. The average molecular weight is 432 g/mol. The minimum Gasteiger partial charge on any atom is -0.311 e. The second-order valence-electron chi connectivity index (χ2n) is 6.00. The predicted molar refractivity (Wildman–Crippen MR) is 115 cm³/mol. The van der Waals surface area contributed by atoms with Crippen molar-refractivity contribution >= 4 is 62.2 Å². The van der Waals surface area contributed by atoms with Crippen molar-refractivity contribution in [3.05, 3.63) is 47.3 Å². The van der Waals surface area contributed by atoms with Crippen LogP contribution in [0.2, 0.25) is 0 Å². The Morgan fingerprint density at radius 1 is 1.14 bits per heavy atom. The highest BCUT2D eigenvalue weighted by Crippen LogP contribution is 2.30. The molecule has 0 saturated carbocycles. The molecule has 4 rings (SSSR count). The molecule has 0 bridgehead atoms. The Kier molecular flexibility index (Phi) is 5.89. The number of nitrogens with one attached hydrogen (secondary N) is 2. The molecule has 10 heteroatoms. The Labute approximate surface area is 174 Å². The molecule has 3 aromatic rings. The van der Waals surface area contributed by atoms with Crippen LogP contribution in [0.25, 0.3) is 0 Å². The van der Waals surface area contributed by atoms with Gasteiger partial charge in [0.2, 0.25) is 11.0 Å². The topological polar surface area (TPSA) is 87.2 Å². The van der Waals surface area contributed by atoms with Gasteiger partial charge in [0.25, 0.3) is 0 Å². The molecule has 7 nitrogen and oxygen atoms in total. The fourth-order valence-corrected chi connectivity index (χ4v) is 5.14. The number of thioether (sulfide) groups is 1. The van der Waals surface area contributed by atoms with Crippen LogP contribution in [0.3, 0.4) is 0 Å². The lowest BCUT2D eigenvalue weighted by Gasteiger charge is -2.29. The first-order chi connectivity index (χ1) is 13.7.